The van der Waals surface area contributed by atoms with E-state index in [2.05, 4.69) is 17.6 Å². The molecule has 2 aliphatic rings. The molecule has 0 unspecified atom stereocenters. The summed E-state index contributed by atoms with van der Waals surface area (Å²) in [5.41, 5.74) is 0.348. The van der Waals surface area contributed by atoms with E-state index in [0.717, 1.165) is 6.54 Å². The zero-order valence-electron chi connectivity index (χ0n) is 12.6. The van der Waals surface area contributed by atoms with E-state index < -0.39 is 11.9 Å². The third kappa shape index (κ3) is 2.73. The number of hydrogen-bond donors (Lipinski definition) is 2. The molecule has 0 bridgehead atoms. The van der Waals surface area contributed by atoms with Crippen LogP contribution in [0.25, 0.3) is 0 Å². The van der Waals surface area contributed by atoms with Gasteiger partial charge in [0.25, 0.3) is 0 Å². The van der Waals surface area contributed by atoms with Crippen LogP contribution in [0.15, 0.2) is 18.2 Å². The molecule has 1 amide bonds. The van der Waals surface area contributed by atoms with Crippen molar-refractivity contribution >= 4 is 17.5 Å². The van der Waals surface area contributed by atoms with E-state index in [1.54, 1.807) is 12.1 Å². The van der Waals surface area contributed by atoms with Gasteiger partial charge in [0.15, 0.2) is 0 Å². The summed E-state index contributed by atoms with van der Waals surface area (Å²) in [7, 11) is 1.52. The first-order valence-electron chi connectivity index (χ1n) is 7.51. The molecule has 0 spiro atoms. The molecule has 120 valence electrons. The number of amides is 1. The van der Waals surface area contributed by atoms with E-state index in [-0.39, 0.29) is 23.6 Å². The lowest BCUT2D eigenvalue weighted by atomic mass is 10.1. The Kier molecular flexibility index (Phi) is 4.39. The summed E-state index contributed by atoms with van der Waals surface area (Å²) >= 11 is 5.83. The molecule has 1 aliphatic heterocycles. The van der Waals surface area contributed by atoms with Crippen LogP contribution in [0.1, 0.15) is 18.5 Å². The fourth-order valence-corrected chi connectivity index (χ4v) is 3.73. The highest BCUT2D eigenvalue weighted by Gasteiger charge is 2.57. The van der Waals surface area contributed by atoms with Crippen molar-refractivity contribution in [3.8, 4) is 0 Å². The number of nitrogens with one attached hydrogen (secondary N) is 2. The van der Waals surface area contributed by atoms with E-state index in [4.69, 9.17) is 16.3 Å². The molecule has 0 aromatic heterocycles. The van der Waals surface area contributed by atoms with Crippen molar-refractivity contribution in [1.82, 2.24) is 10.6 Å². The Morgan fingerprint density at radius 2 is 2.36 bits per heavy atom. The third-order valence-corrected chi connectivity index (χ3v) is 5.18. The third-order valence-electron chi connectivity index (χ3n) is 4.88. The van der Waals surface area contributed by atoms with E-state index in [0.29, 0.717) is 23.3 Å². The van der Waals surface area contributed by atoms with Crippen molar-refractivity contribution < 1.29 is 13.9 Å². The molecule has 1 saturated carbocycles. The Labute approximate surface area is 134 Å². The molecular formula is C16H20ClFN2O2. The van der Waals surface area contributed by atoms with Crippen molar-refractivity contribution in [3.05, 3.63) is 34.6 Å². The zero-order chi connectivity index (χ0) is 15.9. The van der Waals surface area contributed by atoms with E-state index >= 15 is 0 Å². The number of hydrogen-bond acceptors (Lipinski definition) is 3. The first-order valence-corrected chi connectivity index (χ1v) is 7.89. The molecule has 4 nitrogen and oxygen atoms in total. The number of carbonyl (C=O) groups excluding carboxylic acids is 1. The molecule has 0 radical (unpaired) electrons. The lowest BCUT2D eigenvalue weighted by molar-refractivity contribution is -0.124. The van der Waals surface area contributed by atoms with Crippen molar-refractivity contribution in [3.63, 3.8) is 0 Å². The number of fused-ring (bicyclic) bond motifs is 1. The zero-order valence-corrected chi connectivity index (χ0v) is 13.4. The van der Waals surface area contributed by atoms with Crippen LogP contribution in [0.3, 0.4) is 0 Å². The Bertz CT molecular complexity index is 583. The maximum Gasteiger partial charge on any atom is 0.238 e. The number of methoxy groups -OCH3 is 1. The summed E-state index contributed by atoms with van der Waals surface area (Å²) in [4.78, 5) is 12.5. The molecule has 2 fully saturated rings. The molecular weight excluding hydrogens is 307 g/mol. The van der Waals surface area contributed by atoms with Crippen molar-refractivity contribution in [2.45, 2.75) is 19.0 Å². The summed E-state index contributed by atoms with van der Waals surface area (Å²) in [6.45, 7) is 3.24. The Balaban J connectivity index is 1.74. The van der Waals surface area contributed by atoms with E-state index in [1.807, 2.05) is 0 Å². The predicted molar refractivity (Wildman–Crippen MR) is 82.1 cm³/mol. The molecule has 2 N–H and O–H groups in total. The highest BCUT2D eigenvalue weighted by molar-refractivity contribution is 6.30. The second-order valence-corrected chi connectivity index (χ2v) is 6.55. The summed E-state index contributed by atoms with van der Waals surface area (Å²) in [5, 5.41) is 6.18. The van der Waals surface area contributed by atoms with Crippen LogP contribution in [-0.4, -0.2) is 32.2 Å². The quantitative estimate of drug-likeness (QED) is 0.871. The number of halogens is 2. The lowest BCUT2D eigenvalue weighted by Crippen LogP contribution is -2.46. The SMILES string of the molecule is COC[C@@H](NC(=O)[C@H]1NC[C@H]2[C@@H](C)[C@H]21)c1cccc(Cl)c1F. The van der Waals surface area contributed by atoms with Crippen LogP contribution >= 0.6 is 11.6 Å². The predicted octanol–water partition coefficient (Wildman–Crippen LogP) is 2.14. The van der Waals surface area contributed by atoms with Crippen LogP contribution in [0, 0.1) is 23.6 Å². The summed E-state index contributed by atoms with van der Waals surface area (Å²) in [6.07, 6.45) is 0. The molecule has 1 aromatic rings. The monoisotopic (exact) mass is 326 g/mol. The largest absolute Gasteiger partial charge is 0.382 e. The van der Waals surface area contributed by atoms with Gasteiger partial charge >= 0.3 is 0 Å². The highest BCUT2D eigenvalue weighted by atomic mass is 35.5. The van der Waals surface area contributed by atoms with E-state index in [9.17, 15) is 9.18 Å². The van der Waals surface area contributed by atoms with Gasteiger partial charge in [-0.3, -0.25) is 4.79 Å². The Morgan fingerprint density at radius 3 is 3.00 bits per heavy atom. The van der Waals surface area contributed by atoms with Gasteiger partial charge in [-0.1, -0.05) is 30.7 Å². The minimum atomic E-state index is -0.550. The van der Waals surface area contributed by atoms with Crippen molar-refractivity contribution in [2.75, 3.05) is 20.3 Å². The van der Waals surface area contributed by atoms with Gasteiger partial charge in [0.1, 0.15) is 5.82 Å². The average molecular weight is 327 g/mol. The molecule has 6 heteroatoms. The standard InChI is InChI=1S/C16H20ClFN2O2/c1-8-10-6-19-15(13(8)10)16(21)20-12(7-22-2)9-4-3-5-11(17)14(9)18/h3-5,8,10,12-13,15,19H,6-7H2,1-2H3,(H,20,21)/t8-,10+,12-,13-,15+/m1/s1. The molecule has 3 rings (SSSR count). The lowest BCUT2D eigenvalue weighted by Gasteiger charge is -2.22. The fraction of sp³-hybridized carbons (Fsp3) is 0.562. The first-order chi connectivity index (χ1) is 10.5. The Hall–Kier alpha value is -1.17. The fourth-order valence-electron chi connectivity index (χ4n) is 3.55. The maximum atomic E-state index is 14.2. The number of ether oxygens (including phenoxy) is 1. The molecule has 1 aliphatic carbocycles. The van der Waals surface area contributed by atoms with Gasteiger partial charge in [-0.2, -0.15) is 0 Å². The molecule has 5 atom stereocenters. The molecule has 1 aromatic carbocycles. The second kappa shape index (κ2) is 6.14. The normalized spacial score (nSPS) is 30.7. The van der Waals surface area contributed by atoms with Gasteiger partial charge in [-0.15, -0.1) is 0 Å². The average Bonchev–Trinajstić information content (AvgIpc) is 2.94. The maximum absolute atomic E-state index is 14.2. The minimum absolute atomic E-state index is 0.0442. The number of benzene rings is 1. The molecule has 1 saturated heterocycles. The highest BCUT2D eigenvalue weighted by Crippen LogP contribution is 2.51. The van der Waals surface area contributed by atoms with Crippen molar-refractivity contribution in [1.29, 1.82) is 0 Å². The summed E-state index contributed by atoms with van der Waals surface area (Å²) in [5.74, 6) is 0.967. The number of piperidine rings is 1. The van der Waals surface area contributed by atoms with Gasteiger partial charge in [0.2, 0.25) is 5.91 Å². The molecule has 22 heavy (non-hydrogen) atoms. The van der Waals surface area contributed by atoms with Gasteiger partial charge < -0.3 is 15.4 Å². The summed E-state index contributed by atoms with van der Waals surface area (Å²) < 4.78 is 19.3. The van der Waals surface area contributed by atoms with Gasteiger partial charge in [0, 0.05) is 12.7 Å². The van der Waals surface area contributed by atoms with Crippen LogP contribution in [0.2, 0.25) is 5.02 Å². The minimum Gasteiger partial charge on any atom is -0.382 e. The van der Waals surface area contributed by atoms with Gasteiger partial charge in [-0.25, -0.2) is 4.39 Å². The van der Waals surface area contributed by atoms with Crippen molar-refractivity contribution in [2.24, 2.45) is 17.8 Å². The van der Waals surface area contributed by atoms with Crippen LogP contribution < -0.4 is 10.6 Å². The Morgan fingerprint density at radius 1 is 1.59 bits per heavy atom. The topological polar surface area (TPSA) is 50.4 Å². The van der Waals surface area contributed by atoms with Crippen LogP contribution in [-0.2, 0) is 9.53 Å². The second-order valence-electron chi connectivity index (χ2n) is 6.15. The number of rotatable bonds is 5. The smallest absolute Gasteiger partial charge is 0.238 e. The van der Waals surface area contributed by atoms with Gasteiger partial charge in [-0.05, 0) is 30.4 Å². The van der Waals surface area contributed by atoms with Crippen LogP contribution in [0.5, 0.6) is 0 Å². The number of carbonyl (C=O) groups is 1. The van der Waals surface area contributed by atoms with Crippen LogP contribution in [0.4, 0.5) is 4.39 Å². The van der Waals surface area contributed by atoms with E-state index in [1.165, 1.54) is 13.2 Å². The summed E-state index contributed by atoms with van der Waals surface area (Å²) in [6, 6.07) is 4.03. The molecule has 1 heterocycles. The van der Waals surface area contributed by atoms with Gasteiger partial charge in [0.05, 0.1) is 23.7 Å². The first kappa shape index (κ1) is 15.7.